The van der Waals surface area contributed by atoms with Crippen molar-refractivity contribution in [3.05, 3.63) is 89.6 Å². The van der Waals surface area contributed by atoms with Gasteiger partial charge in [-0.2, -0.15) is 5.10 Å². The third-order valence-electron chi connectivity index (χ3n) is 4.83. The van der Waals surface area contributed by atoms with Crippen molar-refractivity contribution in [3.8, 4) is 11.3 Å². The Labute approximate surface area is 184 Å². The van der Waals surface area contributed by atoms with E-state index in [1.54, 1.807) is 36.5 Å². The lowest BCUT2D eigenvalue weighted by molar-refractivity contribution is -0.115. The third-order valence-corrected chi connectivity index (χ3v) is 4.83. The Balaban J connectivity index is 1.51. The highest BCUT2D eigenvalue weighted by Gasteiger charge is 2.20. The smallest absolute Gasteiger partial charge is 0.254 e. The number of hydrogen-bond acceptors (Lipinski definition) is 5. The Morgan fingerprint density at radius 1 is 1.00 bits per heavy atom. The fourth-order valence-corrected chi connectivity index (χ4v) is 3.25. The molecule has 0 aliphatic rings. The standard InChI is InChI=1S/C24H22N6O2/c1-15-7-12-19(26-14-15)28-24-21(23(25)32)22(29-30-24)17-8-10-18(11-9-17)27-20(31)13-16-5-3-2-4-6-16/h2-12,14H,13H2,1H3,(H2,25,32)(H,27,31)(H2,26,28,29,30). The number of amides is 2. The van der Waals surface area contributed by atoms with Gasteiger partial charge in [0.15, 0.2) is 0 Å². The molecule has 8 nitrogen and oxygen atoms in total. The van der Waals surface area contributed by atoms with Crippen molar-refractivity contribution >= 4 is 29.1 Å². The molecule has 0 aliphatic heterocycles. The van der Waals surface area contributed by atoms with Crippen molar-refractivity contribution in [2.75, 3.05) is 10.6 Å². The quantitative estimate of drug-likeness (QED) is 0.358. The van der Waals surface area contributed by atoms with Gasteiger partial charge in [0.1, 0.15) is 22.9 Å². The topological polar surface area (TPSA) is 126 Å². The van der Waals surface area contributed by atoms with Gasteiger partial charge in [-0.1, -0.05) is 48.5 Å². The molecule has 0 saturated carbocycles. The van der Waals surface area contributed by atoms with Crippen LogP contribution in [-0.4, -0.2) is 27.0 Å². The summed E-state index contributed by atoms with van der Waals surface area (Å²) in [5.41, 5.74) is 9.55. The lowest BCUT2D eigenvalue weighted by atomic mass is 10.1. The largest absolute Gasteiger partial charge is 0.365 e. The molecule has 4 aromatic rings. The van der Waals surface area contributed by atoms with Crippen LogP contribution in [0.15, 0.2) is 72.9 Å². The summed E-state index contributed by atoms with van der Waals surface area (Å²) in [4.78, 5) is 28.7. The van der Waals surface area contributed by atoms with E-state index in [0.717, 1.165) is 11.1 Å². The zero-order chi connectivity index (χ0) is 22.5. The van der Waals surface area contributed by atoms with E-state index in [1.807, 2.05) is 43.3 Å². The monoisotopic (exact) mass is 426 g/mol. The maximum absolute atomic E-state index is 12.3. The highest BCUT2D eigenvalue weighted by molar-refractivity contribution is 6.04. The maximum atomic E-state index is 12.3. The molecule has 0 spiro atoms. The van der Waals surface area contributed by atoms with Gasteiger partial charge in [0, 0.05) is 17.4 Å². The molecular formula is C24H22N6O2. The molecule has 0 aliphatic carbocycles. The van der Waals surface area contributed by atoms with Crippen LogP contribution in [0.4, 0.5) is 17.3 Å². The van der Waals surface area contributed by atoms with E-state index < -0.39 is 5.91 Å². The Morgan fingerprint density at radius 3 is 2.41 bits per heavy atom. The molecule has 32 heavy (non-hydrogen) atoms. The normalized spacial score (nSPS) is 10.5. The van der Waals surface area contributed by atoms with Crippen LogP contribution in [0.3, 0.4) is 0 Å². The lowest BCUT2D eigenvalue weighted by Gasteiger charge is -2.07. The van der Waals surface area contributed by atoms with Gasteiger partial charge in [0.2, 0.25) is 5.91 Å². The number of aryl methyl sites for hydroxylation is 1. The summed E-state index contributed by atoms with van der Waals surface area (Å²) in [6.45, 7) is 1.94. The van der Waals surface area contributed by atoms with E-state index in [9.17, 15) is 9.59 Å². The van der Waals surface area contributed by atoms with Crippen molar-refractivity contribution in [3.63, 3.8) is 0 Å². The van der Waals surface area contributed by atoms with Crippen LogP contribution in [-0.2, 0) is 11.2 Å². The molecule has 2 aromatic heterocycles. The van der Waals surface area contributed by atoms with Gasteiger partial charge in [0.05, 0.1) is 6.42 Å². The molecule has 2 amide bonds. The van der Waals surface area contributed by atoms with Crippen molar-refractivity contribution in [2.24, 2.45) is 5.73 Å². The molecule has 0 bridgehead atoms. The number of pyridine rings is 1. The first-order chi connectivity index (χ1) is 15.5. The molecule has 4 rings (SSSR count). The average molecular weight is 426 g/mol. The lowest BCUT2D eigenvalue weighted by Crippen LogP contribution is -2.14. The van der Waals surface area contributed by atoms with Crippen molar-refractivity contribution in [1.82, 2.24) is 15.2 Å². The molecule has 0 radical (unpaired) electrons. The van der Waals surface area contributed by atoms with Crippen LogP contribution in [0.1, 0.15) is 21.5 Å². The van der Waals surface area contributed by atoms with Crippen LogP contribution in [0.5, 0.6) is 0 Å². The van der Waals surface area contributed by atoms with Crippen LogP contribution < -0.4 is 16.4 Å². The first kappa shape index (κ1) is 20.8. The van der Waals surface area contributed by atoms with Gasteiger partial charge in [0.25, 0.3) is 5.91 Å². The number of nitrogens with zero attached hydrogens (tertiary/aromatic N) is 2. The molecular weight excluding hydrogens is 404 g/mol. The Kier molecular flexibility index (Phi) is 5.94. The number of H-pyrrole nitrogens is 1. The molecule has 8 heteroatoms. The predicted molar refractivity (Wildman–Crippen MR) is 124 cm³/mol. The zero-order valence-electron chi connectivity index (χ0n) is 17.4. The van der Waals surface area contributed by atoms with E-state index in [0.29, 0.717) is 28.6 Å². The minimum Gasteiger partial charge on any atom is -0.365 e. The number of nitrogens with one attached hydrogen (secondary N) is 3. The third kappa shape index (κ3) is 4.81. The molecule has 2 aromatic carbocycles. The van der Waals surface area contributed by atoms with Crippen molar-refractivity contribution < 1.29 is 9.59 Å². The van der Waals surface area contributed by atoms with Crippen LogP contribution in [0, 0.1) is 6.92 Å². The number of hydrogen-bond donors (Lipinski definition) is 4. The summed E-state index contributed by atoms with van der Waals surface area (Å²) in [6.07, 6.45) is 2.00. The summed E-state index contributed by atoms with van der Waals surface area (Å²) in [6, 6.07) is 20.3. The van der Waals surface area contributed by atoms with Crippen LogP contribution in [0.2, 0.25) is 0 Å². The van der Waals surface area contributed by atoms with E-state index in [1.165, 1.54) is 0 Å². The molecule has 0 atom stereocenters. The summed E-state index contributed by atoms with van der Waals surface area (Å²) in [5.74, 6) is 0.191. The number of carbonyl (C=O) groups excluding carboxylic acids is 2. The number of carbonyl (C=O) groups is 2. The highest BCUT2D eigenvalue weighted by atomic mass is 16.2. The summed E-state index contributed by atoms with van der Waals surface area (Å²) >= 11 is 0. The molecule has 0 saturated heterocycles. The number of rotatable bonds is 7. The van der Waals surface area contributed by atoms with E-state index in [-0.39, 0.29) is 17.9 Å². The van der Waals surface area contributed by atoms with Gasteiger partial charge < -0.3 is 16.4 Å². The Bertz CT molecular complexity index is 1230. The second-order valence-corrected chi connectivity index (χ2v) is 7.32. The fraction of sp³-hybridized carbons (Fsp3) is 0.0833. The second-order valence-electron chi connectivity index (χ2n) is 7.32. The van der Waals surface area contributed by atoms with Gasteiger partial charge in [-0.3, -0.25) is 14.7 Å². The number of anilines is 3. The Hall–Kier alpha value is -4.46. The molecule has 0 fully saturated rings. The first-order valence-corrected chi connectivity index (χ1v) is 10.0. The molecule has 160 valence electrons. The maximum Gasteiger partial charge on any atom is 0.254 e. The second kappa shape index (κ2) is 9.13. The van der Waals surface area contributed by atoms with Gasteiger partial charge in [-0.25, -0.2) is 4.98 Å². The number of nitrogens with two attached hydrogens (primary N) is 1. The predicted octanol–water partition coefficient (Wildman–Crippen LogP) is 3.80. The molecule has 0 unspecified atom stereocenters. The summed E-state index contributed by atoms with van der Waals surface area (Å²) in [7, 11) is 0. The average Bonchev–Trinajstić information content (AvgIpc) is 3.20. The SMILES string of the molecule is Cc1ccc(Nc2[nH]nc(-c3ccc(NC(=O)Cc4ccccc4)cc3)c2C(N)=O)nc1. The number of aromatic nitrogens is 3. The van der Waals surface area contributed by atoms with Crippen LogP contribution >= 0.6 is 0 Å². The minimum absolute atomic E-state index is 0.112. The van der Waals surface area contributed by atoms with Gasteiger partial charge in [-0.05, 0) is 36.2 Å². The summed E-state index contributed by atoms with van der Waals surface area (Å²) < 4.78 is 0. The zero-order valence-corrected chi connectivity index (χ0v) is 17.4. The van der Waals surface area contributed by atoms with E-state index in [2.05, 4.69) is 25.8 Å². The van der Waals surface area contributed by atoms with Gasteiger partial charge >= 0.3 is 0 Å². The Morgan fingerprint density at radius 2 is 1.75 bits per heavy atom. The van der Waals surface area contributed by atoms with Crippen molar-refractivity contribution in [1.29, 1.82) is 0 Å². The van der Waals surface area contributed by atoms with E-state index >= 15 is 0 Å². The van der Waals surface area contributed by atoms with Crippen molar-refractivity contribution in [2.45, 2.75) is 13.3 Å². The van der Waals surface area contributed by atoms with Gasteiger partial charge in [-0.15, -0.1) is 0 Å². The molecule has 2 heterocycles. The molecule has 5 N–H and O–H groups in total. The number of aromatic amines is 1. The van der Waals surface area contributed by atoms with E-state index in [4.69, 9.17) is 5.73 Å². The highest BCUT2D eigenvalue weighted by Crippen LogP contribution is 2.29. The number of benzene rings is 2. The summed E-state index contributed by atoms with van der Waals surface area (Å²) in [5, 5.41) is 13.0. The first-order valence-electron chi connectivity index (χ1n) is 10.0. The minimum atomic E-state index is -0.622. The van der Waals surface area contributed by atoms with Crippen LogP contribution in [0.25, 0.3) is 11.3 Å². The number of primary amides is 1. The fourth-order valence-electron chi connectivity index (χ4n) is 3.25.